The Morgan fingerprint density at radius 2 is 2.15 bits per heavy atom. The molecule has 7 nitrogen and oxygen atoms in total. The zero-order valence-electron chi connectivity index (χ0n) is 14.6. The van der Waals surface area contributed by atoms with Crippen LogP contribution >= 0.6 is 0 Å². The minimum atomic E-state index is -0.264. The van der Waals surface area contributed by atoms with Crippen LogP contribution in [0.5, 0.6) is 0 Å². The number of fused-ring (bicyclic) bond motifs is 1. The second-order valence-electron chi connectivity index (χ2n) is 7.05. The van der Waals surface area contributed by atoms with Crippen molar-refractivity contribution in [2.75, 3.05) is 19.8 Å². The van der Waals surface area contributed by atoms with E-state index in [-0.39, 0.29) is 30.2 Å². The van der Waals surface area contributed by atoms with E-state index in [1.54, 1.807) is 18.3 Å². The minimum Gasteiger partial charge on any atom is -0.379 e. The number of hydrogen-bond acceptors (Lipinski definition) is 5. The molecule has 1 aliphatic heterocycles. The Morgan fingerprint density at radius 3 is 3.00 bits per heavy atom. The van der Waals surface area contributed by atoms with E-state index in [9.17, 15) is 9.59 Å². The number of carbonyl (C=O) groups excluding carboxylic acids is 1. The first-order chi connectivity index (χ1) is 12.7. The summed E-state index contributed by atoms with van der Waals surface area (Å²) in [4.78, 5) is 24.9. The number of rotatable bonds is 6. The second-order valence-corrected chi connectivity index (χ2v) is 7.05. The summed E-state index contributed by atoms with van der Waals surface area (Å²) >= 11 is 0. The number of carbonyl (C=O) groups is 1. The van der Waals surface area contributed by atoms with Gasteiger partial charge in [-0.25, -0.2) is 4.68 Å². The molecule has 1 amide bonds. The Hall–Kier alpha value is -2.25. The van der Waals surface area contributed by atoms with E-state index in [0.29, 0.717) is 24.5 Å². The minimum absolute atomic E-state index is 0.0328. The van der Waals surface area contributed by atoms with Crippen molar-refractivity contribution >= 4 is 16.7 Å². The van der Waals surface area contributed by atoms with Crippen LogP contribution in [0.25, 0.3) is 10.8 Å². The van der Waals surface area contributed by atoms with Crippen molar-refractivity contribution in [2.24, 2.45) is 5.92 Å². The molecule has 138 valence electrons. The lowest BCUT2D eigenvalue weighted by atomic mass is 10.1. The third kappa shape index (κ3) is 3.94. The highest BCUT2D eigenvalue weighted by Crippen LogP contribution is 2.30. The highest BCUT2D eigenvalue weighted by molar-refractivity contribution is 5.81. The summed E-state index contributed by atoms with van der Waals surface area (Å²) in [7, 11) is 0. The lowest BCUT2D eigenvalue weighted by molar-refractivity contribution is -0.127. The van der Waals surface area contributed by atoms with Crippen molar-refractivity contribution in [1.82, 2.24) is 15.1 Å². The summed E-state index contributed by atoms with van der Waals surface area (Å²) in [6.45, 7) is 1.72. The number of ether oxygens (including phenoxy) is 2. The molecule has 1 aliphatic carbocycles. The third-order valence-electron chi connectivity index (χ3n) is 4.94. The van der Waals surface area contributed by atoms with Crippen molar-refractivity contribution in [3.63, 3.8) is 0 Å². The van der Waals surface area contributed by atoms with Gasteiger partial charge >= 0.3 is 0 Å². The van der Waals surface area contributed by atoms with Crippen molar-refractivity contribution in [1.29, 1.82) is 0 Å². The summed E-state index contributed by atoms with van der Waals surface area (Å²) in [6, 6.07) is 7.03. The molecule has 0 unspecified atom stereocenters. The molecule has 4 rings (SSSR count). The average molecular weight is 357 g/mol. The fraction of sp³-hybridized carbons (Fsp3) is 0.526. The van der Waals surface area contributed by atoms with Crippen LogP contribution < -0.4 is 10.9 Å². The summed E-state index contributed by atoms with van der Waals surface area (Å²) in [5.74, 6) is 0.417. The molecule has 0 spiro atoms. The first kappa shape index (κ1) is 17.2. The van der Waals surface area contributed by atoms with Crippen LogP contribution in [0.1, 0.15) is 19.3 Å². The van der Waals surface area contributed by atoms with Gasteiger partial charge in [0.25, 0.3) is 5.56 Å². The Labute approximate surface area is 151 Å². The number of amides is 1. The molecular formula is C19H23N3O4. The van der Waals surface area contributed by atoms with Crippen LogP contribution in [0.15, 0.2) is 35.3 Å². The molecule has 0 bridgehead atoms. The maximum atomic E-state index is 12.5. The van der Waals surface area contributed by atoms with E-state index >= 15 is 0 Å². The Balaban J connectivity index is 1.41. The van der Waals surface area contributed by atoms with Crippen LogP contribution in [0, 0.1) is 5.92 Å². The topological polar surface area (TPSA) is 82.5 Å². The first-order valence-electron chi connectivity index (χ1n) is 9.14. The number of nitrogens with zero attached hydrogens (tertiary/aromatic N) is 2. The van der Waals surface area contributed by atoms with Gasteiger partial charge in [0.05, 0.1) is 30.3 Å². The van der Waals surface area contributed by atoms with Crippen LogP contribution in [0.2, 0.25) is 0 Å². The molecule has 1 aromatic heterocycles. The fourth-order valence-electron chi connectivity index (χ4n) is 3.23. The summed E-state index contributed by atoms with van der Waals surface area (Å²) in [6.07, 6.45) is 4.81. The molecule has 1 aromatic carbocycles. The van der Waals surface area contributed by atoms with E-state index < -0.39 is 0 Å². The van der Waals surface area contributed by atoms with Crippen LogP contribution in [-0.4, -0.2) is 47.7 Å². The fourth-order valence-corrected chi connectivity index (χ4v) is 3.23. The van der Waals surface area contributed by atoms with Crippen LogP contribution in [0.4, 0.5) is 0 Å². The van der Waals surface area contributed by atoms with Gasteiger partial charge in [-0.05, 0) is 31.2 Å². The van der Waals surface area contributed by atoms with Crippen molar-refractivity contribution in [3.8, 4) is 0 Å². The summed E-state index contributed by atoms with van der Waals surface area (Å²) < 4.78 is 12.7. The number of benzene rings is 1. The zero-order chi connectivity index (χ0) is 17.9. The van der Waals surface area contributed by atoms with Gasteiger partial charge in [-0.15, -0.1) is 0 Å². The Bertz CT molecular complexity index is 846. The van der Waals surface area contributed by atoms with Crippen molar-refractivity contribution in [3.05, 3.63) is 40.8 Å². The molecule has 1 saturated carbocycles. The van der Waals surface area contributed by atoms with Gasteiger partial charge in [0.15, 0.2) is 0 Å². The van der Waals surface area contributed by atoms with Gasteiger partial charge < -0.3 is 14.8 Å². The molecule has 0 radical (unpaired) electrons. The van der Waals surface area contributed by atoms with Crippen molar-refractivity contribution in [2.45, 2.75) is 38.0 Å². The van der Waals surface area contributed by atoms with Gasteiger partial charge in [-0.3, -0.25) is 9.59 Å². The molecule has 2 aromatic rings. The highest BCUT2D eigenvalue weighted by atomic mass is 16.5. The smallest absolute Gasteiger partial charge is 0.275 e. The quantitative estimate of drug-likeness (QED) is 0.837. The normalized spacial score (nSPS) is 23.1. The molecule has 1 saturated heterocycles. The van der Waals surface area contributed by atoms with E-state index in [2.05, 4.69) is 10.4 Å². The van der Waals surface area contributed by atoms with Gasteiger partial charge in [-0.2, -0.15) is 5.10 Å². The maximum Gasteiger partial charge on any atom is 0.275 e. The largest absolute Gasteiger partial charge is 0.379 e. The molecular weight excluding hydrogens is 334 g/mol. The average Bonchev–Trinajstić information content (AvgIpc) is 3.48. The third-order valence-corrected chi connectivity index (χ3v) is 4.94. The van der Waals surface area contributed by atoms with Crippen LogP contribution in [-0.2, 0) is 20.8 Å². The molecule has 2 atom stereocenters. The monoisotopic (exact) mass is 357 g/mol. The van der Waals surface area contributed by atoms with Crippen molar-refractivity contribution < 1.29 is 14.3 Å². The molecule has 1 N–H and O–H groups in total. The summed E-state index contributed by atoms with van der Waals surface area (Å²) in [5, 5.41) is 8.38. The molecule has 26 heavy (non-hydrogen) atoms. The van der Waals surface area contributed by atoms with E-state index in [0.717, 1.165) is 18.4 Å². The highest BCUT2D eigenvalue weighted by Gasteiger charge is 2.30. The predicted molar refractivity (Wildman–Crippen MR) is 95.8 cm³/mol. The van der Waals surface area contributed by atoms with E-state index in [4.69, 9.17) is 9.47 Å². The van der Waals surface area contributed by atoms with Gasteiger partial charge in [0.2, 0.25) is 5.91 Å². The van der Waals surface area contributed by atoms with E-state index in [1.807, 2.05) is 12.1 Å². The van der Waals surface area contributed by atoms with Crippen LogP contribution in [0.3, 0.4) is 0 Å². The van der Waals surface area contributed by atoms with Gasteiger partial charge in [0, 0.05) is 18.6 Å². The number of aromatic nitrogens is 2. The lowest BCUT2D eigenvalue weighted by Gasteiger charge is -2.32. The first-order valence-corrected chi connectivity index (χ1v) is 9.14. The van der Waals surface area contributed by atoms with Gasteiger partial charge in [-0.1, -0.05) is 18.2 Å². The summed E-state index contributed by atoms with van der Waals surface area (Å²) in [5.41, 5.74) is -0.264. The lowest BCUT2D eigenvalue weighted by Crippen LogP contribution is -2.51. The SMILES string of the molecule is O=C(Cn1ncc2ccccc2c1=O)N[C@@H]1COCC[C@@H]1OCC1CC1. The van der Waals surface area contributed by atoms with E-state index in [1.165, 1.54) is 17.5 Å². The molecule has 7 heteroatoms. The maximum absolute atomic E-state index is 12.5. The second kappa shape index (κ2) is 7.55. The Kier molecular flexibility index (Phi) is 4.99. The Morgan fingerprint density at radius 1 is 1.31 bits per heavy atom. The predicted octanol–water partition coefficient (Wildman–Crippen LogP) is 1.10. The molecule has 2 aliphatic rings. The van der Waals surface area contributed by atoms with Gasteiger partial charge in [0.1, 0.15) is 6.54 Å². The number of hydrogen-bond donors (Lipinski definition) is 1. The molecule has 2 fully saturated rings. The number of nitrogens with one attached hydrogen (secondary N) is 1. The molecule has 2 heterocycles. The standard InChI is InChI=1S/C19H23N3O4/c23-18(10-22-19(24)15-4-2-1-3-14(15)9-20-22)21-16-12-25-8-7-17(16)26-11-13-5-6-13/h1-4,9,13,16-17H,5-8,10-12H2,(H,21,23)/t16-,17+/m1/s1. The zero-order valence-corrected chi connectivity index (χ0v) is 14.6.